The summed E-state index contributed by atoms with van der Waals surface area (Å²) >= 11 is 0. The van der Waals surface area contributed by atoms with Crippen LogP contribution in [0.1, 0.15) is 63.3 Å². The summed E-state index contributed by atoms with van der Waals surface area (Å²) < 4.78 is 0. The molecule has 0 spiro atoms. The average molecular weight is 344 g/mol. The van der Waals surface area contributed by atoms with E-state index in [9.17, 15) is 9.90 Å². The zero-order chi connectivity index (χ0) is 18.1. The van der Waals surface area contributed by atoms with Gasteiger partial charge in [0.1, 0.15) is 12.2 Å². The van der Waals surface area contributed by atoms with Gasteiger partial charge in [0.05, 0.1) is 17.9 Å². The molecule has 1 heterocycles. The molecular formula is C19H28N4O2. The molecule has 2 rings (SSSR count). The Morgan fingerprint density at radius 3 is 2.48 bits per heavy atom. The fourth-order valence-electron chi connectivity index (χ4n) is 3.25. The van der Waals surface area contributed by atoms with E-state index in [1.807, 2.05) is 44.2 Å². The fourth-order valence-corrected chi connectivity index (χ4v) is 3.25. The molecule has 0 bridgehead atoms. The second-order valence-electron chi connectivity index (χ2n) is 6.54. The number of nitrogens with zero attached hydrogens (tertiary/aromatic N) is 2. The second-order valence-corrected chi connectivity index (χ2v) is 6.54. The van der Waals surface area contributed by atoms with E-state index < -0.39 is 5.60 Å². The molecule has 1 atom stereocenters. The van der Waals surface area contributed by atoms with Crippen LogP contribution in [0.4, 0.5) is 0 Å². The lowest BCUT2D eigenvalue weighted by atomic mass is 9.89. The van der Waals surface area contributed by atoms with Gasteiger partial charge in [-0.05, 0) is 18.4 Å². The van der Waals surface area contributed by atoms with E-state index in [0.717, 1.165) is 18.4 Å². The van der Waals surface area contributed by atoms with E-state index in [0.29, 0.717) is 25.2 Å². The number of hydrogen-bond acceptors (Lipinski definition) is 4. The molecule has 2 aromatic rings. The number of aliphatic hydroxyl groups is 1. The zero-order valence-corrected chi connectivity index (χ0v) is 15.0. The highest BCUT2D eigenvalue weighted by molar-refractivity contribution is 5.77. The number of benzene rings is 1. The third-order valence-electron chi connectivity index (χ3n) is 4.39. The third kappa shape index (κ3) is 5.67. The van der Waals surface area contributed by atoms with Crippen LogP contribution in [-0.4, -0.2) is 38.3 Å². The molecule has 0 unspecified atom stereocenters. The molecule has 0 aliphatic heterocycles. The quantitative estimate of drug-likeness (QED) is 0.618. The van der Waals surface area contributed by atoms with Crippen LogP contribution in [0.25, 0.3) is 0 Å². The number of amides is 1. The Hall–Kier alpha value is -2.21. The Morgan fingerprint density at radius 1 is 1.24 bits per heavy atom. The van der Waals surface area contributed by atoms with Gasteiger partial charge in [-0.3, -0.25) is 9.89 Å². The van der Waals surface area contributed by atoms with Crippen LogP contribution in [-0.2, 0) is 4.79 Å². The van der Waals surface area contributed by atoms with Crippen molar-refractivity contribution in [2.75, 3.05) is 6.54 Å². The molecule has 0 aliphatic rings. The van der Waals surface area contributed by atoms with Crippen molar-refractivity contribution in [1.29, 1.82) is 0 Å². The van der Waals surface area contributed by atoms with Gasteiger partial charge in [-0.2, -0.15) is 5.10 Å². The first-order chi connectivity index (χ1) is 12.1. The molecule has 25 heavy (non-hydrogen) atoms. The van der Waals surface area contributed by atoms with Crippen LogP contribution in [0.5, 0.6) is 0 Å². The Bertz CT molecular complexity index is 622. The summed E-state index contributed by atoms with van der Waals surface area (Å²) in [6, 6.07) is 9.88. The number of aromatic nitrogens is 3. The number of H-pyrrole nitrogens is 1. The lowest BCUT2D eigenvalue weighted by Gasteiger charge is -2.27. The average Bonchev–Trinajstić information content (AvgIpc) is 3.10. The van der Waals surface area contributed by atoms with Gasteiger partial charge in [-0.25, -0.2) is 4.98 Å². The van der Waals surface area contributed by atoms with E-state index in [1.165, 1.54) is 6.33 Å². The largest absolute Gasteiger partial charge is 0.389 e. The van der Waals surface area contributed by atoms with Crippen molar-refractivity contribution in [1.82, 2.24) is 20.5 Å². The number of nitrogens with one attached hydrogen (secondary N) is 2. The summed E-state index contributed by atoms with van der Waals surface area (Å²) in [5.74, 6) is 0.479. The van der Waals surface area contributed by atoms with E-state index in [2.05, 4.69) is 20.5 Å². The first kappa shape index (κ1) is 19.1. The molecule has 1 amide bonds. The molecule has 0 aliphatic carbocycles. The molecule has 0 radical (unpaired) electrons. The van der Waals surface area contributed by atoms with Crippen LogP contribution >= 0.6 is 0 Å². The molecular weight excluding hydrogens is 316 g/mol. The van der Waals surface area contributed by atoms with E-state index in [1.54, 1.807) is 0 Å². The Labute approximate surface area is 149 Å². The number of carbonyl (C=O) groups is 1. The third-order valence-corrected chi connectivity index (χ3v) is 4.39. The molecule has 136 valence electrons. The smallest absolute Gasteiger partial charge is 0.222 e. The normalized spacial score (nSPS) is 12.8. The van der Waals surface area contributed by atoms with Gasteiger partial charge < -0.3 is 10.4 Å². The molecule has 0 saturated carbocycles. The van der Waals surface area contributed by atoms with Crippen molar-refractivity contribution in [3.8, 4) is 0 Å². The second kappa shape index (κ2) is 9.32. The lowest BCUT2D eigenvalue weighted by molar-refractivity contribution is -0.126. The topological polar surface area (TPSA) is 90.9 Å². The lowest BCUT2D eigenvalue weighted by Crippen LogP contribution is -2.38. The molecule has 6 heteroatoms. The van der Waals surface area contributed by atoms with Gasteiger partial charge in [-0.15, -0.1) is 0 Å². The molecule has 6 nitrogen and oxygen atoms in total. The van der Waals surface area contributed by atoms with Gasteiger partial charge in [0.2, 0.25) is 5.91 Å². The van der Waals surface area contributed by atoms with Crippen molar-refractivity contribution in [3.05, 3.63) is 48.0 Å². The molecule has 1 aromatic carbocycles. The minimum absolute atomic E-state index is 0.0990. The Kier molecular flexibility index (Phi) is 7.13. The van der Waals surface area contributed by atoms with Gasteiger partial charge in [0.25, 0.3) is 0 Å². The van der Waals surface area contributed by atoms with Crippen LogP contribution < -0.4 is 5.32 Å². The summed E-state index contributed by atoms with van der Waals surface area (Å²) in [5.41, 5.74) is 0.138. The molecule has 0 saturated heterocycles. The first-order valence-electron chi connectivity index (χ1n) is 8.97. The SMILES string of the molecule is CCCC(O)(CCC)CC(=O)NC[C@@H](c1ccccc1)c1ncn[nH]1. The Balaban J connectivity index is 2.02. The summed E-state index contributed by atoms with van der Waals surface area (Å²) in [5, 5.41) is 20.4. The van der Waals surface area contributed by atoms with Gasteiger partial charge in [-0.1, -0.05) is 57.0 Å². The highest BCUT2D eigenvalue weighted by atomic mass is 16.3. The van der Waals surface area contributed by atoms with Crippen LogP contribution in [0, 0.1) is 0 Å². The van der Waals surface area contributed by atoms with E-state index in [-0.39, 0.29) is 18.2 Å². The number of carbonyl (C=O) groups excluding carboxylic acids is 1. The maximum atomic E-state index is 12.4. The van der Waals surface area contributed by atoms with Crippen molar-refractivity contribution in [3.63, 3.8) is 0 Å². The van der Waals surface area contributed by atoms with Crippen molar-refractivity contribution in [2.45, 2.75) is 57.5 Å². The highest BCUT2D eigenvalue weighted by Crippen LogP contribution is 2.24. The van der Waals surface area contributed by atoms with Crippen molar-refractivity contribution in [2.24, 2.45) is 0 Å². The highest BCUT2D eigenvalue weighted by Gasteiger charge is 2.28. The van der Waals surface area contributed by atoms with Crippen molar-refractivity contribution >= 4 is 5.91 Å². The molecule has 3 N–H and O–H groups in total. The predicted molar refractivity (Wildman–Crippen MR) is 97.1 cm³/mol. The van der Waals surface area contributed by atoms with Gasteiger partial charge >= 0.3 is 0 Å². The summed E-state index contributed by atoms with van der Waals surface area (Å²) in [6.07, 6.45) is 4.58. The number of hydrogen-bond donors (Lipinski definition) is 3. The summed E-state index contributed by atoms with van der Waals surface area (Å²) in [7, 11) is 0. The number of rotatable bonds is 10. The summed E-state index contributed by atoms with van der Waals surface area (Å²) in [6.45, 7) is 4.45. The maximum Gasteiger partial charge on any atom is 0.222 e. The van der Waals surface area contributed by atoms with E-state index in [4.69, 9.17) is 0 Å². The first-order valence-corrected chi connectivity index (χ1v) is 8.97. The van der Waals surface area contributed by atoms with Gasteiger partial charge in [0.15, 0.2) is 0 Å². The monoisotopic (exact) mass is 344 g/mol. The molecule has 0 fully saturated rings. The van der Waals surface area contributed by atoms with E-state index >= 15 is 0 Å². The fraction of sp³-hybridized carbons (Fsp3) is 0.526. The summed E-state index contributed by atoms with van der Waals surface area (Å²) in [4.78, 5) is 16.6. The predicted octanol–water partition coefficient (Wildman–Crippen LogP) is 2.77. The van der Waals surface area contributed by atoms with Gasteiger partial charge in [0, 0.05) is 6.54 Å². The number of aromatic amines is 1. The van der Waals surface area contributed by atoms with Crippen LogP contribution in [0.2, 0.25) is 0 Å². The van der Waals surface area contributed by atoms with Crippen LogP contribution in [0.3, 0.4) is 0 Å². The standard InChI is InChI=1S/C19H28N4O2/c1-3-10-19(25,11-4-2)12-17(24)20-13-16(18-21-14-22-23-18)15-8-6-5-7-9-15/h5-9,14,16,25H,3-4,10-13H2,1-2H3,(H,20,24)(H,21,22,23)/t16-/m0/s1. The Morgan fingerprint density at radius 2 is 1.92 bits per heavy atom. The van der Waals surface area contributed by atoms with Crippen molar-refractivity contribution < 1.29 is 9.90 Å². The minimum atomic E-state index is -0.915. The van der Waals surface area contributed by atoms with Crippen LogP contribution in [0.15, 0.2) is 36.7 Å². The zero-order valence-electron chi connectivity index (χ0n) is 15.0. The molecule has 1 aromatic heterocycles. The minimum Gasteiger partial charge on any atom is -0.389 e. The maximum absolute atomic E-state index is 12.4.